The van der Waals surface area contributed by atoms with E-state index in [2.05, 4.69) is 38.7 Å². The largest absolute Gasteiger partial charge is 0.459 e. The van der Waals surface area contributed by atoms with Crippen LogP contribution in [0.25, 0.3) is 16.5 Å². The summed E-state index contributed by atoms with van der Waals surface area (Å²) < 4.78 is 5.53. The molecule has 5 heteroatoms. The van der Waals surface area contributed by atoms with Crippen molar-refractivity contribution in [1.82, 2.24) is 9.88 Å². The lowest BCUT2D eigenvalue weighted by atomic mass is 9.81. The molecule has 5 nitrogen and oxygen atoms in total. The second kappa shape index (κ2) is 8.05. The van der Waals surface area contributed by atoms with Crippen LogP contribution in [0.15, 0.2) is 30.5 Å². The molecule has 1 aromatic carbocycles. The van der Waals surface area contributed by atoms with Gasteiger partial charge in [0.05, 0.1) is 17.4 Å². The fourth-order valence-corrected chi connectivity index (χ4v) is 3.97. The molecule has 2 aromatic rings. The summed E-state index contributed by atoms with van der Waals surface area (Å²) in [6.07, 6.45) is 2.74. The third kappa shape index (κ3) is 4.39. The Morgan fingerprint density at radius 3 is 2.52 bits per heavy atom. The quantitative estimate of drug-likeness (QED) is 0.722. The van der Waals surface area contributed by atoms with E-state index in [9.17, 15) is 9.59 Å². The summed E-state index contributed by atoms with van der Waals surface area (Å²) in [5, 5.41) is 1.08. The van der Waals surface area contributed by atoms with Crippen molar-refractivity contribution in [2.45, 2.75) is 65.9 Å². The van der Waals surface area contributed by atoms with Crippen molar-refractivity contribution in [3.8, 4) is 0 Å². The zero-order chi connectivity index (χ0) is 21.3. The number of carbonyl (C=O) groups is 2. The molecule has 3 rings (SSSR count). The first kappa shape index (κ1) is 21.2. The van der Waals surface area contributed by atoms with Gasteiger partial charge in [-0.1, -0.05) is 45.9 Å². The second-order valence-electron chi connectivity index (χ2n) is 9.26. The van der Waals surface area contributed by atoms with E-state index in [0.29, 0.717) is 24.5 Å². The van der Waals surface area contributed by atoms with Crippen LogP contribution in [0.3, 0.4) is 0 Å². The van der Waals surface area contributed by atoms with Crippen molar-refractivity contribution < 1.29 is 14.3 Å². The number of carbonyl (C=O) groups excluding carboxylic acids is 2. The Morgan fingerprint density at radius 2 is 1.86 bits per heavy atom. The number of H-pyrrole nitrogens is 1. The smallest absolute Gasteiger partial charge is 0.342 e. The molecule has 0 radical (unpaired) electrons. The van der Waals surface area contributed by atoms with E-state index >= 15 is 0 Å². The SMILES string of the molecule is CC(C)CCC(=O)N1C=C(C(=O)OC(C)C)c2[nH]c3ccccc3c2C(C)(C)C1. The summed E-state index contributed by atoms with van der Waals surface area (Å²) in [5.41, 5.74) is 2.86. The van der Waals surface area contributed by atoms with Crippen molar-refractivity contribution in [2.24, 2.45) is 5.92 Å². The molecule has 0 spiro atoms. The van der Waals surface area contributed by atoms with Crippen LogP contribution in [0.5, 0.6) is 0 Å². The van der Waals surface area contributed by atoms with Gasteiger partial charge in [0.1, 0.15) is 0 Å². The number of benzene rings is 1. The lowest BCUT2D eigenvalue weighted by Gasteiger charge is -2.30. The van der Waals surface area contributed by atoms with Crippen LogP contribution >= 0.6 is 0 Å². The molecule has 1 N–H and O–H groups in total. The summed E-state index contributed by atoms with van der Waals surface area (Å²) in [6.45, 7) is 12.6. The molecule has 29 heavy (non-hydrogen) atoms. The molecule has 0 saturated heterocycles. The van der Waals surface area contributed by atoms with Gasteiger partial charge in [0, 0.05) is 35.5 Å². The number of ether oxygens (including phenoxy) is 1. The highest BCUT2D eigenvalue weighted by molar-refractivity contribution is 6.18. The fourth-order valence-electron chi connectivity index (χ4n) is 3.97. The summed E-state index contributed by atoms with van der Waals surface area (Å²) in [7, 11) is 0. The summed E-state index contributed by atoms with van der Waals surface area (Å²) >= 11 is 0. The molecule has 1 aliphatic rings. The maximum Gasteiger partial charge on any atom is 0.342 e. The molecule has 0 atom stereocenters. The molecule has 0 unspecified atom stereocenters. The molecule has 1 aliphatic heterocycles. The molecular formula is C24H32N2O3. The first-order valence-electron chi connectivity index (χ1n) is 10.4. The van der Waals surface area contributed by atoms with Gasteiger partial charge in [-0.05, 0) is 37.8 Å². The minimum Gasteiger partial charge on any atom is -0.459 e. The molecule has 1 aromatic heterocycles. The van der Waals surface area contributed by atoms with E-state index in [1.54, 1.807) is 11.1 Å². The number of hydrogen-bond donors (Lipinski definition) is 1. The number of aromatic nitrogens is 1. The van der Waals surface area contributed by atoms with E-state index < -0.39 is 5.97 Å². The third-order valence-electron chi connectivity index (χ3n) is 5.32. The van der Waals surface area contributed by atoms with Gasteiger partial charge in [-0.3, -0.25) is 4.79 Å². The minimum absolute atomic E-state index is 0.0380. The van der Waals surface area contributed by atoms with Gasteiger partial charge in [-0.2, -0.15) is 0 Å². The van der Waals surface area contributed by atoms with Gasteiger partial charge in [0.25, 0.3) is 0 Å². The zero-order valence-electron chi connectivity index (χ0n) is 18.3. The summed E-state index contributed by atoms with van der Waals surface area (Å²) in [6, 6.07) is 8.05. The van der Waals surface area contributed by atoms with Crippen LogP contribution in [-0.2, 0) is 19.7 Å². The normalized spacial score (nSPS) is 16.0. The number of nitrogens with zero attached hydrogens (tertiary/aromatic N) is 1. The molecule has 156 valence electrons. The fraction of sp³-hybridized carbons (Fsp3) is 0.500. The van der Waals surface area contributed by atoms with Crippen molar-refractivity contribution in [1.29, 1.82) is 0 Å². The van der Waals surface area contributed by atoms with Crippen LogP contribution in [0.2, 0.25) is 0 Å². The summed E-state index contributed by atoms with van der Waals surface area (Å²) in [5.74, 6) is 0.0771. The Balaban J connectivity index is 2.13. The lowest BCUT2D eigenvalue weighted by Crippen LogP contribution is -2.37. The van der Waals surface area contributed by atoms with Crippen LogP contribution in [-0.4, -0.2) is 34.4 Å². The van der Waals surface area contributed by atoms with Crippen molar-refractivity contribution >= 4 is 28.4 Å². The van der Waals surface area contributed by atoms with Crippen LogP contribution in [0.1, 0.15) is 65.6 Å². The Bertz CT molecular complexity index is 950. The monoisotopic (exact) mass is 396 g/mol. The zero-order valence-corrected chi connectivity index (χ0v) is 18.3. The number of aromatic amines is 1. The molecule has 0 bridgehead atoms. The van der Waals surface area contributed by atoms with Crippen molar-refractivity contribution in [3.05, 3.63) is 41.7 Å². The highest BCUT2D eigenvalue weighted by Gasteiger charge is 2.37. The standard InChI is InChI=1S/C24H32N2O3/c1-15(2)11-12-20(27)26-13-18(23(28)29-16(3)4)22-21(24(5,6)14-26)17-9-7-8-10-19(17)25-22/h7-10,13,15-16,25H,11-12,14H2,1-6H3. The minimum atomic E-state index is -0.410. The first-order chi connectivity index (χ1) is 13.6. The van der Waals surface area contributed by atoms with Crippen molar-refractivity contribution in [2.75, 3.05) is 6.54 Å². The van der Waals surface area contributed by atoms with E-state index in [0.717, 1.165) is 28.6 Å². The number of esters is 1. The van der Waals surface area contributed by atoms with Gasteiger partial charge >= 0.3 is 5.97 Å². The van der Waals surface area contributed by atoms with Gasteiger partial charge < -0.3 is 14.6 Å². The average Bonchev–Trinajstić information content (AvgIpc) is 2.96. The van der Waals surface area contributed by atoms with Gasteiger partial charge in [0.15, 0.2) is 0 Å². The van der Waals surface area contributed by atoms with E-state index in [-0.39, 0.29) is 17.4 Å². The van der Waals surface area contributed by atoms with E-state index in [4.69, 9.17) is 4.74 Å². The number of fused-ring (bicyclic) bond motifs is 3. The second-order valence-corrected chi connectivity index (χ2v) is 9.26. The highest BCUT2D eigenvalue weighted by Crippen LogP contribution is 2.40. The third-order valence-corrected chi connectivity index (χ3v) is 5.32. The molecular weight excluding hydrogens is 364 g/mol. The molecule has 0 aliphatic carbocycles. The van der Waals surface area contributed by atoms with Gasteiger partial charge in [0.2, 0.25) is 5.91 Å². The maximum absolute atomic E-state index is 13.0. The van der Waals surface area contributed by atoms with Crippen LogP contribution in [0, 0.1) is 5.92 Å². The van der Waals surface area contributed by atoms with Crippen LogP contribution < -0.4 is 0 Å². The number of amides is 1. The summed E-state index contributed by atoms with van der Waals surface area (Å²) in [4.78, 5) is 31.1. The van der Waals surface area contributed by atoms with Gasteiger partial charge in [-0.15, -0.1) is 0 Å². The predicted octanol–water partition coefficient (Wildman–Crippen LogP) is 5.02. The van der Waals surface area contributed by atoms with Gasteiger partial charge in [-0.25, -0.2) is 4.79 Å². The van der Waals surface area contributed by atoms with Crippen molar-refractivity contribution in [3.63, 3.8) is 0 Å². The number of para-hydroxylation sites is 1. The molecule has 0 saturated carbocycles. The Morgan fingerprint density at radius 1 is 1.17 bits per heavy atom. The molecule has 2 heterocycles. The average molecular weight is 397 g/mol. The topological polar surface area (TPSA) is 62.4 Å². The first-order valence-corrected chi connectivity index (χ1v) is 10.4. The Kier molecular flexibility index (Phi) is 5.87. The Hall–Kier alpha value is -2.56. The number of rotatable bonds is 5. The van der Waals surface area contributed by atoms with E-state index in [1.165, 1.54) is 0 Å². The predicted molar refractivity (Wildman–Crippen MR) is 116 cm³/mol. The number of nitrogens with one attached hydrogen (secondary N) is 1. The number of hydrogen-bond acceptors (Lipinski definition) is 3. The lowest BCUT2D eigenvalue weighted by molar-refractivity contribution is -0.140. The Labute approximate surface area is 173 Å². The molecule has 0 fully saturated rings. The van der Waals surface area contributed by atoms with Crippen LogP contribution in [0.4, 0.5) is 0 Å². The van der Waals surface area contributed by atoms with E-state index in [1.807, 2.05) is 32.0 Å². The highest BCUT2D eigenvalue weighted by atomic mass is 16.5. The molecule has 1 amide bonds. The maximum atomic E-state index is 13.0.